The Morgan fingerprint density at radius 2 is 2.30 bits per heavy atom. The highest BCUT2D eigenvalue weighted by molar-refractivity contribution is 5.67. The first kappa shape index (κ1) is 13.2. The van der Waals surface area contributed by atoms with Crippen LogP contribution in [0.25, 0.3) is 0 Å². The van der Waals surface area contributed by atoms with Crippen LogP contribution in [0.5, 0.6) is 11.5 Å². The predicted octanol–water partition coefficient (Wildman–Crippen LogP) is 2.52. The first-order valence-corrected chi connectivity index (χ1v) is 8.00. The summed E-state index contributed by atoms with van der Waals surface area (Å²) in [4.78, 5) is 13.1. The maximum absolute atomic E-state index is 11.6. The normalized spacial score (nSPS) is 36.0. The van der Waals surface area contributed by atoms with Gasteiger partial charge in [-0.3, -0.25) is 4.90 Å². The van der Waals surface area contributed by atoms with Crippen LogP contribution >= 0.6 is 0 Å². The molecule has 4 atom stereocenters. The van der Waals surface area contributed by atoms with Crippen molar-refractivity contribution in [3.8, 4) is 11.5 Å². The standard InChI is InChI=1S/C17H17NO5/c19-16(20)18-11-4-6-14(18)17(15(8-11)23-17)22-12-5-3-10-2-1-7-21-13(10)9-12/h1,3,5,7,9,11,14-15H,2,4,6,8H2,(H,19,20). The molecule has 4 aliphatic rings. The molecule has 2 bridgehead atoms. The predicted molar refractivity (Wildman–Crippen MR) is 79.4 cm³/mol. The molecule has 6 nitrogen and oxygen atoms in total. The molecule has 4 heterocycles. The first-order valence-electron chi connectivity index (χ1n) is 8.00. The molecule has 0 aliphatic carbocycles. The molecule has 1 aromatic rings. The van der Waals surface area contributed by atoms with E-state index in [9.17, 15) is 9.90 Å². The molecule has 6 heteroatoms. The highest BCUT2D eigenvalue weighted by atomic mass is 16.8. The third kappa shape index (κ3) is 1.81. The van der Waals surface area contributed by atoms with Crippen molar-refractivity contribution in [2.24, 2.45) is 0 Å². The smallest absolute Gasteiger partial charge is 0.408 e. The fourth-order valence-electron chi connectivity index (χ4n) is 4.25. The summed E-state index contributed by atoms with van der Waals surface area (Å²) in [6.07, 6.45) is 5.99. The number of epoxide rings is 1. The minimum absolute atomic E-state index is 0.00699. The van der Waals surface area contributed by atoms with Crippen LogP contribution in [0.1, 0.15) is 24.8 Å². The highest BCUT2D eigenvalue weighted by Gasteiger charge is 2.72. The summed E-state index contributed by atoms with van der Waals surface area (Å²) in [5.41, 5.74) is 1.11. The van der Waals surface area contributed by atoms with E-state index >= 15 is 0 Å². The van der Waals surface area contributed by atoms with Crippen molar-refractivity contribution in [1.82, 2.24) is 4.90 Å². The molecule has 5 rings (SSSR count). The molecule has 3 fully saturated rings. The number of hydrogen-bond donors (Lipinski definition) is 1. The summed E-state index contributed by atoms with van der Waals surface area (Å²) in [7, 11) is 0. The summed E-state index contributed by atoms with van der Waals surface area (Å²) in [6, 6.07) is 5.59. The Balaban J connectivity index is 1.44. The quantitative estimate of drug-likeness (QED) is 0.849. The molecule has 0 spiro atoms. The zero-order chi connectivity index (χ0) is 15.6. The minimum atomic E-state index is -0.881. The molecule has 120 valence electrons. The molecule has 0 aromatic heterocycles. The average molecular weight is 315 g/mol. The van der Waals surface area contributed by atoms with Crippen molar-refractivity contribution in [2.75, 3.05) is 0 Å². The van der Waals surface area contributed by atoms with Crippen molar-refractivity contribution in [2.45, 2.75) is 49.7 Å². The number of hydrogen-bond acceptors (Lipinski definition) is 4. The lowest BCUT2D eigenvalue weighted by Gasteiger charge is -2.35. The molecule has 4 unspecified atom stereocenters. The van der Waals surface area contributed by atoms with Gasteiger partial charge < -0.3 is 19.3 Å². The van der Waals surface area contributed by atoms with E-state index in [1.807, 2.05) is 24.3 Å². The number of ether oxygens (including phenoxy) is 3. The Hall–Kier alpha value is -2.21. The number of amides is 1. The van der Waals surface area contributed by atoms with E-state index in [1.54, 1.807) is 6.26 Å². The van der Waals surface area contributed by atoms with Crippen LogP contribution < -0.4 is 9.47 Å². The van der Waals surface area contributed by atoms with E-state index in [1.165, 1.54) is 4.90 Å². The molecule has 0 saturated carbocycles. The Labute approximate surface area is 133 Å². The second-order valence-electron chi connectivity index (χ2n) is 6.57. The topological polar surface area (TPSA) is 71.5 Å². The van der Waals surface area contributed by atoms with Gasteiger partial charge in [-0.25, -0.2) is 4.79 Å². The van der Waals surface area contributed by atoms with Gasteiger partial charge in [-0.05, 0) is 37.0 Å². The van der Waals surface area contributed by atoms with Gasteiger partial charge in [0.1, 0.15) is 23.6 Å². The molecule has 4 aliphatic heterocycles. The van der Waals surface area contributed by atoms with Crippen LogP contribution in [-0.4, -0.2) is 40.1 Å². The van der Waals surface area contributed by atoms with Crippen molar-refractivity contribution in [1.29, 1.82) is 0 Å². The fourth-order valence-corrected chi connectivity index (χ4v) is 4.25. The lowest BCUT2D eigenvalue weighted by atomic mass is 10.00. The molecular weight excluding hydrogens is 298 g/mol. The van der Waals surface area contributed by atoms with Gasteiger partial charge in [-0.15, -0.1) is 0 Å². The summed E-state index contributed by atoms with van der Waals surface area (Å²) in [6.45, 7) is 0. The van der Waals surface area contributed by atoms with Crippen LogP contribution in [0.2, 0.25) is 0 Å². The van der Waals surface area contributed by atoms with Gasteiger partial charge in [0.25, 0.3) is 5.79 Å². The first-order chi connectivity index (χ1) is 11.2. The SMILES string of the molecule is O=C(O)N1C2CCC1C1(Oc3ccc4c(c3)OC=CC4)OC1C2. The van der Waals surface area contributed by atoms with Gasteiger partial charge in [0.2, 0.25) is 0 Å². The van der Waals surface area contributed by atoms with E-state index in [0.717, 1.165) is 30.6 Å². The Morgan fingerprint density at radius 1 is 1.39 bits per heavy atom. The van der Waals surface area contributed by atoms with Crippen LogP contribution in [0, 0.1) is 0 Å². The number of piperidine rings is 1. The number of carboxylic acid groups (broad SMARTS) is 1. The van der Waals surface area contributed by atoms with Gasteiger partial charge in [0.05, 0.1) is 6.26 Å². The van der Waals surface area contributed by atoms with Crippen molar-refractivity contribution < 1.29 is 24.1 Å². The summed E-state index contributed by atoms with van der Waals surface area (Å²) in [5, 5.41) is 9.48. The van der Waals surface area contributed by atoms with E-state index < -0.39 is 11.9 Å². The van der Waals surface area contributed by atoms with E-state index in [0.29, 0.717) is 12.2 Å². The van der Waals surface area contributed by atoms with E-state index in [4.69, 9.17) is 14.2 Å². The molecule has 23 heavy (non-hydrogen) atoms. The molecule has 1 N–H and O–H groups in total. The zero-order valence-electron chi connectivity index (χ0n) is 12.5. The third-order valence-corrected chi connectivity index (χ3v) is 5.34. The van der Waals surface area contributed by atoms with Gasteiger partial charge >= 0.3 is 6.09 Å². The van der Waals surface area contributed by atoms with E-state index in [2.05, 4.69) is 0 Å². The van der Waals surface area contributed by atoms with Crippen molar-refractivity contribution in [3.63, 3.8) is 0 Å². The van der Waals surface area contributed by atoms with Crippen LogP contribution in [0.4, 0.5) is 4.79 Å². The number of rotatable bonds is 2. The Bertz CT molecular complexity index is 717. The fraction of sp³-hybridized carbons (Fsp3) is 0.471. The lowest BCUT2D eigenvalue weighted by Crippen LogP contribution is -2.54. The van der Waals surface area contributed by atoms with Crippen molar-refractivity contribution in [3.05, 3.63) is 36.1 Å². The zero-order valence-corrected chi connectivity index (χ0v) is 12.5. The maximum Gasteiger partial charge on any atom is 0.408 e. The number of carbonyl (C=O) groups is 1. The van der Waals surface area contributed by atoms with Gasteiger partial charge in [0.15, 0.2) is 0 Å². The number of allylic oxidation sites excluding steroid dienone is 1. The third-order valence-electron chi connectivity index (χ3n) is 5.34. The summed E-state index contributed by atoms with van der Waals surface area (Å²) in [5.74, 6) is 0.635. The van der Waals surface area contributed by atoms with Crippen LogP contribution in [-0.2, 0) is 11.2 Å². The summed E-state index contributed by atoms with van der Waals surface area (Å²) >= 11 is 0. The summed E-state index contributed by atoms with van der Waals surface area (Å²) < 4.78 is 17.5. The van der Waals surface area contributed by atoms with Gasteiger partial charge in [-0.2, -0.15) is 0 Å². The van der Waals surface area contributed by atoms with E-state index in [-0.39, 0.29) is 18.2 Å². The number of benzene rings is 1. The average Bonchev–Trinajstić information content (AvgIpc) is 3.10. The maximum atomic E-state index is 11.6. The molecule has 1 amide bonds. The second kappa shape index (κ2) is 4.41. The molecule has 3 saturated heterocycles. The van der Waals surface area contributed by atoms with Gasteiger partial charge in [-0.1, -0.05) is 6.07 Å². The minimum Gasteiger partial charge on any atom is -0.465 e. The van der Waals surface area contributed by atoms with Crippen LogP contribution in [0.15, 0.2) is 30.5 Å². The molecular formula is C17H17NO5. The van der Waals surface area contributed by atoms with Crippen LogP contribution in [0.3, 0.4) is 0 Å². The second-order valence-corrected chi connectivity index (χ2v) is 6.57. The number of fused-ring (bicyclic) bond motifs is 5. The molecule has 0 radical (unpaired) electrons. The van der Waals surface area contributed by atoms with Crippen molar-refractivity contribution >= 4 is 6.09 Å². The highest BCUT2D eigenvalue weighted by Crippen LogP contribution is 2.55. The molecule has 1 aromatic carbocycles. The Morgan fingerprint density at radius 3 is 3.17 bits per heavy atom. The lowest BCUT2D eigenvalue weighted by molar-refractivity contribution is -0.0183. The number of nitrogens with zero attached hydrogens (tertiary/aromatic N) is 1. The van der Waals surface area contributed by atoms with Gasteiger partial charge in [0, 0.05) is 18.5 Å². The monoisotopic (exact) mass is 315 g/mol. The Kier molecular flexibility index (Phi) is 2.54. The largest absolute Gasteiger partial charge is 0.465 e.